The van der Waals surface area contributed by atoms with Crippen molar-refractivity contribution in [1.82, 2.24) is 5.32 Å². The zero-order chi connectivity index (χ0) is 14.9. The van der Waals surface area contributed by atoms with Gasteiger partial charge in [0.25, 0.3) is 0 Å². The zero-order valence-corrected chi connectivity index (χ0v) is 12.1. The number of hydrogen-bond acceptors (Lipinski definition) is 2. The highest BCUT2D eigenvalue weighted by Crippen LogP contribution is 2.33. The van der Waals surface area contributed by atoms with Crippen LogP contribution in [0.4, 0.5) is 0 Å². The molecule has 0 aliphatic heterocycles. The quantitative estimate of drug-likeness (QED) is 0.893. The molecule has 2 aliphatic carbocycles. The Hall–Kier alpha value is -1.84. The molecule has 112 valence electrons. The Morgan fingerprint density at radius 2 is 1.95 bits per heavy atom. The van der Waals surface area contributed by atoms with E-state index in [2.05, 4.69) is 23.5 Å². The van der Waals surface area contributed by atoms with Crippen LogP contribution in [0, 0.1) is 5.92 Å². The van der Waals surface area contributed by atoms with Crippen molar-refractivity contribution >= 4 is 11.9 Å². The van der Waals surface area contributed by atoms with Gasteiger partial charge in [0.05, 0.1) is 0 Å². The molecule has 0 aromatic heterocycles. The zero-order valence-electron chi connectivity index (χ0n) is 12.1. The van der Waals surface area contributed by atoms with Crippen molar-refractivity contribution in [3.8, 4) is 0 Å². The molecule has 1 unspecified atom stereocenters. The van der Waals surface area contributed by atoms with Gasteiger partial charge in [-0.1, -0.05) is 24.3 Å². The number of aryl methyl sites for hydroxylation is 1. The summed E-state index contributed by atoms with van der Waals surface area (Å²) >= 11 is 0. The van der Waals surface area contributed by atoms with Crippen LogP contribution < -0.4 is 5.32 Å². The average Bonchev–Trinajstić information content (AvgIpc) is 2.42. The second-order valence-corrected chi connectivity index (χ2v) is 6.37. The fourth-order valence-electron chi connectivity index (χ4n) is 3.45. The van der Waals surface area contributed by atoms with Crippen LogP contribution >= 0.6 is 0 Å². The second kappa shape index (κ2) is 5.51. The molecule has 1 atom stereocenters. The molecule has 0 spiro atoms. The van der Waals surface area contributed by atoms with Gasteiger partial charge in [-0.25, -0.2) is 4.79 Å². The molecule has 1 fully saturated rings. The summed E-state index contributed by atoms with van der Waals surface area (Å²) in [5.41, 5.74) is 1.73. The Kier molecular flexibility index (Phi) is 3.70. The van der Waals surface area contributed by atoms with Crippen LogP contribution in [-0.4, -0.2) is 22.5 Å². The van der Waals surface area contributed by atoms with Crippen molar-refractivity contribution in [2.24, 2.45) is 5.92 Å². The van der Waals surface area contributed by atoms with E-state index in [0.717, 1.165) is 25.7 Å². The number of carbonyl (C=O) groups excluding carboxylic acids is 1. The maximum absolute atomic E-state index is 12.2. The van der Waals surface area contributed by atoms with E-state index in [1.54, 1.807) is 0 Å². The lowest BCUT2D eigenvalue weighted by Crippen LogP contribution is -2.59. The maximum atomic E-state index is 12.2. The molecular weight excluding hydrogens is 266 g/mol. The van der Waals surface area contributed by atoms with Crippen molar-refractivity contribution in [1.29, 1.82) is 0 Å². The normalized spacial score (nSPS) is 22.8. The number of amides is 1. The first-order valence-electron chi connectivity index (χ1n) is 7.70. The van der Waals surface area contributed by atoms with E-state index in [4.69, 9.17) is 0 Å². The molecule has 2 aliphatic rings. The molecule has 4 heteroatoms. The van der Waals surface area contributed by atoms with Crippen molar-refractivity contribution in [3.63, 3.8) is 0 Å². The molecular formula is C17H21NO3. The second-order valence-electron chi connectivity index (χ2n) is 6.37. The largest absolute Gasteiger partial charge is 0.480 e. The lowest BCUT2D eigenvalue weighted by Gasteiger charge is -2.38. The summed E-state index contributed by atoms with van der Waals surface area (Å²) in [6.45, 7) is 0. The lowest BCUT2D eigenvalue weighted by atomic mass is 9.76. The summed E-state index contributed by atoms with van der Waals surface area (Å²) in [6.07, 6.45) is 5.36. The number of aliphatic carboxylic acids is 1. The molecule has 0 heterocycles. The predicted octanol–water partition coefficient (Wildman–Crippen LogP) is 2.31. The molecule has 4 nitrogen and oxygen atoms in total. The van der Waals surface area contributed by atoms with E-state index >= 15 is 0 Å². The van der Waals surface area contributed by atoms with Crippen LogP contribution in [-0.2, 0) is 22.4 Å². The first-order chi connectivity index (χ1) is 10.1. The van der Waals surface area contributed by atoms with E-state index in [-0.39, 0.29) is 5.91 Å². The van der Waals surface area contributed by atoms with Gasteiger partial charge >= 0.3 is 5.97 Å². The topological polar surface area (TPSA) is 66.4 Å². The number of fused-ring (bicyclic) bond motifs is 1. The SMILES string of the molecule is O=C(CC1CCc2ccccc2C1)NC1(C(=O)O)CCC1. The lowest BCUT2D eigenvalue weighted by molar-refractivity contribution is -0.152. The van der Waals surface area contributed by atoms with Gasteiger partial charge in [0, 0.05) is 6.42 Å². The summed E-state index contributed by atoms with van der Waals surface area (Å²) in [6, 6.07) is 8.37. The molecule has 0 radical (unpaired) electrons. The molecule has 21 heavy (non-hydrogen) atoms. The summed E-state index contributed by atoms with van der Waals surface area (Å²) < 4.78 is 0. The molecule has 0 bridgehead atoms. The molecule has 3 rings (SSSR count). The van der Waals surface area contributed by atoms with Crippen LogP contribution in [0.5, 0.6) is 0 Å². The number of carboxylic acid groups (broad SMARTS) is 1. The van der Waals surface area contributed by atoms with Crippen LogP contribution in [0.3, 0.4) is 0 Å². The Labute approximate surface area is 124 Å². The highest BCUT2D eigenvalue weighted by molar-refractivity contribution is 5.87. The minimum Gasteiger partial charge on any atom is -0.480 e. The van der Waals surface area contributed by atoms with Gasteiger partial charge in [-0.2, -0.15) is 0 Å². The van der Waals surface area contributed by atoms with E-state index in [1.807, 2.05) is 6.07 Å². The molecule has 1 aromatic carbocycles. The third kappa shape index (κ3) is 2.80. The minimum absolute atomic E-state index is 0.110. The molecule has 2 N–H and O–H groups in total. The van der Waals surface area contributed by atoms with Gasteiger partial charge in [-0.05, 0) is 55.6 Å². The van der Waals surface area contributed by atoms with Crippen molar-refractivity contribution in [2.45, 2.75) is 50.5 Å². The standard InChI is InChI=1S/C17H21NO3/c19-15(18-17(16(20)21)8-3-9-17)11-12-6-7-13-4-1-2-5-14(13)10-12/h1-2,4-5,12H,3,6-11H2,(H,18,19)(H,20,21). The summed E-state index contributed by atoms with van der Waals surface area (Å²) in [4.78, 5) is 23.4. The number of carboxylic acids is 1. The van der Waals surface area contributed by atoms with Crippen LogP contribution in [0.2, 0.25) is 0 Å². The van der Waals surface area contributed by atoms with Crippen LogP contribution in [0.1, 0.15) is 43.2 Å². The van der Waals surface area contributed by atoms with E-state index < -0.39 is 11.5 Å². The number of carbonyl (C=O) groups is 2. The van der Waals surface area contributed by atoms with Gasteiger partial charge in [0.2, 0.25) is 5.91 Å². The Bertz CT molecular complexity index is 563. The maximum Gasteiger partial charge on any atom is 0.329 e. The van der Waals surface area contributed by atoms with Crippen LogP contribution in [0.25, 0.3) is 0 Å². The number of hydrogen-bond donors (Lipinski definition) is 2. The van der Waals surface area contributed by atoms with E-state index in [1.165, 1.54) is 11.1 Å². The highest BCUT2D eigenvalue weighted by atomic mass is 16.4. The summed E-state index contributed by atoms with van der Waals surface area (Å²) in [7, 11) is 0. The Morgan fingerprint density at radius 1 is 1.24 bits per heavy atom. The predicted molar refractivity (Wildman–Crippen MR) is 78.9 cm³/mol. The summed E-state index contributed by atoms with van der Waals surface area (Å²) in [5.74, 6) is -0.677. The van der Waals surface area contributed by atoms with Gasteiger partial charge in [-0.15, -0.1) is 0 Å². The molecule has 1 aromatic rings. The van der Waals surface area contributed by atoms with Gasteiger partial charge in [0.15, 0.2) is 0 Å². The number of rotatable bonds is 4. The van der Waals surface area contributed by atoms with Crippen molar-refractivity contribution in [2.75, 3.05) is 0 Å². The van der Waals surface area contributed by atoms with E-state index in [0.29, 0.717) is 25.2 Å². The van der Waals surface area contributed by atoms with Gasteiger partial charge in [-0.3, -0.25) is 4.79 Å². The highest BCUT2D eigenvalue weighted by Gasteiger charge is 2.45. The Morgan fingerprint density at radius 3 is 2.57 bits per heavy atom. The van der Waals surface area contributed by atoms with Crippen molar-refractivity contribution in [3.05, 3.63) is 35.4 Å². The molecule has 1 amide bonds. The monoisotopic (exact) mass is 287 g/mol. The molecule has 1 saturated carbocycles. The third-order valence-electron chi connectivity index (χ3n) is 4.92. The molecule has 0 saturated heterocycles. The fourth-order valence-corrected chi connectivity index (χ4v) is 3.45. The van der Waals surface area contributed by atoms with Crippen LogP contribution in [0.15, 0.2) is 24.3 Å². The fraction of sp³-hybridized carbons (Fsp3) is 0.529. The minimum atomic E-state index is -0.982. The first kappa shape index (κ1) is 14.1. The van der Waals surface area contributed by atoms with Crippen molar-refractivity contribution < 1.29 is 14.7 Å². The number of nitrogens with one attached hydrogen (secondary N) is 1. The smallest absolute Gasteiger partial charge is 0.329 e. The van der Waals surface area contributed by atoms with E-state index in [9.17, 15) is 14.7 Å². The third-order valence-corrected chi connectivity index (χ3v) is 4.92. The summed E-state index contributed by atoms with van der Waals surface area (Å²) in [5, 5.41) is 12.0. The first-order valence-corrected chi connectivity index (χ1v) is 7.70. The number of benzene rings is 1. The Balaban J connectivity index is 1.58. The van der Waals surface area contributed by atoms with Gasteiger partial charge < -0.3 is 10.4 Å². The van der Waals surface area contributed by atoms with Gasteiger partial charge in [0.1, 0.15) is 5.54 Å². The average molecular weight is 287 g/mol.